The summed E-state index contributed by atoms with van der Waals surface area (Å²) < 4.78 is 1.30. The topological polar surface area (TPSA) is 38.9 Å². The van der Waals surface area contributed by atoms with Gasteiger partial charge in [0.15, 0.2) is 0 Å². The Hall–Kier alpha value is -0.930. The largest absolute Gasteiger partial charge is 0.330 e. The monoisotopic (exact) mass is 178 g/mol. The molecule has 0 radical (unpaired) electrons. The van der Waals surface area contributed by atoms with Gasteiger partial charge in [-0.1, -0.05) is 0 Å². The van der Waals surface area contributed by atoms with Crippen LogP contribution in [0, 0.1) is 0 Å². The van der Waals surface area contributed by atoms with Crippen LogP contribution in [0.15, 0.2) is 24.5 Å². The molecule has 0 aliphatic heterocycles. The zero-order chi connectivity index (χ0) is 8.39. The standard InChI is InChI=1S/C9H10N2S/c10-3-1-8-5-7-6-11-4-2-9(7)12-8/h2,4-6H,1,3,10H2. The zero-order valence-electron chi connectivity index (χ0n) is 6.66. The van der Waals surface area contributed by atoms with Gasteiger partial charge in [0.25, 0.3) is 0 Å². The molecule has 0 saturated heterocycles. The predicted molar refractivity (Wildman–Crippen MR) is 52.4 cm³/mol. The lowest BCUT2D eigenvalue weighted by Crippen LogP contribution is -2.00. The molecule has 2 rings (SSSR count). The summed E-state index contributed by atoms with van der Waals surface area (Å²) in [7, 11) is 0. The molecule has 0 aliphatic rings. The Morgan fingerprint density at radius 3 is 3.17 bits per heavy atom. The Morgan fingerprint density at radius 1 is 1.50 bits per heavy atom. The average molecular weight is 178 g/mol. The van der Waals surface area contributed by atoms with Gasteiger partial charge >= 0.3 is 0 Å². The summed E-state index contributed by atoms with van der Waals surface area (Å²) in [5, 5.41) is 1.23. The minimum absolute atomic E-state index is 0.722. The van der Waals surface area contributed by atoms with E-state index in [4.69, 9.17) is 5.73 Å². The lowest BCUT2D eigenvalue weighted by Gasteiger charge is -1.86. The van der Waals surface area contributed by atoms with E-state index in [-0.39, 0.29) is 0 Å². The lowest BCUT2D eigenvalue weighted by molar-refractivity contribution is 0.989. The first kappa shape index (κ1) is 7.71. The van der Waals surface area contributed by atoms with Crippen molar-refractivity contribution in [1.29, 1.82) is 0 Å². The quantitative estimate of drug-likeness (QED) is 0.761. The number of nitrogens with two attached hydrogens (primary N) is 1. The molecular weight excluding hydrogens is 168 g/mol. The molecule has 62 valence electrons. The second-order valence-corrected chi connectivity index (χ2v) is 3.83. The minimum Gasteiger partial charge on any atom is -0.330 e. The van der Waals surface area contributed by atoms with Gasteiger partial charge in [0.05, 0.1) is 0 Å². The van der Waals surface area contributed by atoms with Crippen molar-refractivity contribution >= 4 is 21.4 Å². The summed E-state index contributed by atoms with van der Waals surface area (Å²) >= 11 is 1.80. The average Bonchev–Trinajstić information content (AvgIpc) is 2.47. The minimum atomic E-state index is 0.722. The molecule has 3 heteroatoms. The highest BCUT2D eigenvalue weighted by atomic mass is 32.1. The van der Waals surface area contributed by atoms with Crippen molar-refractivity contribution in [1.82, 2.24) is 4.98 Å². The first-order valence-corrected chi connectivity index (χ1v) is 4.74. The SMILES string of the molecule is NCCc1cc2cnccc2s1. The van der Waals surface area contributed by atoms with Crippen LogP contribution in [-0.2, 0) is 6.42 Å². The van der Waals surface area contributed by atoms with Gasteiger partial charge in [-0.05, 0) is 25.1 Å². The molecule has 12 heavy (non-hydrogen) atoms. The molecule has 0 atom stereocenters. The van der Waals surface area contributed by atoms with E-state index < -0.39 is 0 Å². The fourth-order valence-electron chi connectivity index (χ4n) is 1.20. The van der Waals surface area contributed by atoms with Crippen LogP contribution in [0.2, 0.25) is 0 Å². The molecule has 2 N–H and O–H groups in total. The van der Waals surface area contributed by atoms with Gasteiger partial charge in [0.2, 0.25) is 0 Å². The summed E-state index contributed by atoms with van der Waals surface area (Å²) in [6.45, 7) is 0.722. The highest BCUT2D eigenvalue weighted by Crippen LogP contribution is 2.24. The Kier molecular flexibility index (Phi) is 2.06. The second-order valence-electron chi connectivity index (χ2n) is 2.66. The molecule has 0 aliphatic carbocycles. The molecule has 2 heterocycles. The van der Waals surface area contributed by atoms with E-state index in [1.807, 2.05) is 18.5 Å². The van der Waals surface area contributed by atoms with E-state index in [2.05, 4.69) is 11.1 Å². The van der Waals surface area contributed by atoms with E-state index in [1.165, 1.54) is 15.0 Å². The van der Waals surface area contributed by atoms with Gasteiger partial charge in [0, 0.05) is 27.4 Å². The number of nitrogens with zero attached hydrogens (tertiary/aromatic N) is 1. The third-order valence-corrected chi connectivity index (χ3v) is 2.93. The maximum Gasteiger partial charge on any atom is 0.0376 e. The normalized spacial score (nSPS) is 10.8. The molecule has 0 aromatic carbocycles. The van der Waals surface area contributed by atoms with Gasteiger partial charge in [0.1, 0.15) is 0 Å². The highest BCUT2D eigenvalue weighted by molar-refractivity contribution is 7.19. The van der Waals surface area contributed by atoms with Crippen LogP contribution in [0.4, 0.5) is 0 Å². The van der Waals surface area contributed by atoms with Crippen molar-refractivity contribution in [2.45, 2.75) is 6.42 Å². The van der Waals surface area contributed by atoms with Gasteiger partial charge in [-0.2, -0.15) is 0 Å². The van der Waals surface area contributed by atoms with Crippen molar-refractivity contribution in [3.63, 3.8) is 0 Å². The number of fused-ring (bicyclic) bond motifs is 1. The van der Waals surface area contributed by atoms with Crippen molar-refractivity contribution in [3.8, 4) is 0 Å². The second kappa shape index (κ2) is 3.21. The number of hydrogen-bond donors (Lipinski definition) is 1. The van der Waals surface area contributed by atoms with Crippen LogP contribution in [0.3, 0.4) is 0 Å². The van der Waals surface area contributed by atoms with Gasteiger partial charge in [-0.25, -0.2) is 0 Å². The van der Waals surface area contributed by atoms with Crippen LogP contribution in [0.5, 0.6) is 0 Å². The first-order valence-electron chi connectivity index (χ1n) is 3.92. The summed E-state index contributed by atoms with van der Waals surface area (Å²) in [4.78, 5) is 5.41. The number of thiophene rings is 1. The predicted octanol–water partition coefficient (Wildman–Crippen LogP) is 1.80. The van der Waals surface area contributed by atoms with Gasteiger partial charge in [-0.3, -0.25) is 4.98 Å². The van der Waals surface area contributed by atoms with Crippen LogP contribution in [-0.4, -0.2) is 11.5 Å². The molecule has 2 aromatic rings. The molecule has 0 amide bonds. The fraction of sp³-hybridized carbons (Fsp3) is 0.222. The molecule has 0 fully saturated rings. The van der Waals surface area contributed by atoms with Crippen molar-refractivity contribution in [3.05, 3.63) is 29.4 Å². The van der Waals surface area contributed by atoms with E-state index in [0.29, 0.717) is 0 Å². The number of aromatic nitrogens is 1. The molecule has 0 bridgehead atoms. The Bertz CT molecular complexity index is 348. The van der Waals surface area contributed by atoms with Crippen LogP contribution >= 0.6 is 11.3 Å². The number of pyridine rings is 1. The van der Waals surface area contributed by atoms with Crippen LogP contribution < -0.4 is 5.73 Å². The van der Waals surface area contributed by atoms with E-state index >= 15 is 0 Å². The summed E-state index contributed by atoms with van der Waals surface area (Å²) in [6.07, 6.45) is 4.69. The maximum absolute atomic E-state index is 5.47. The smallest absolute Gasteiger partial charge is 0.0376 e. The van der Waals surface area contributed by atoms with Crippen molar-refractivity contribution in [2.24, 2.45) is 5.73 Å². The molecule has 2 aromatic heterocycles. The summed E-state index contributed by atoms with van der Waals surface area (Å²) in [5.41, 5.74) is 5.47. The number of rotatable bonds is 2. The van der Waals surface area contributed by atoms with Crippen molar-refractivity contribution < 1.29 is 0 Å². The zero-order valence-corrected chi connectivity index (χ0v) is 7.47. The van der Waals surface area contributed by atoms with Crippen molar-refractivity contribution in [2.75, 3.05) is 6.54 Å². The van der Waals surface area contributed by atoms with Gasteiger partial charge in [-0.15, -0.1) is 11.3 Å². The molecule has 2 nitrogen and oxygen atoms in total. The fourth-order valence-corrected chi connectivity index (χ4v) is 2.25. The third kappa shape index (κ3) is 1.33. The summed E-state index contributed by atoms with van der Waals surface area (Å²) in [5.74, 6) is 0. The third-order valence-electron chi connectivity index (χ3n) is 1.76. The van der Waals surface area contributed by atoms with E-state index in [9.17, 15) is 0 Å². The van der Waals surface area contributed by atoms with Gasteiger partial charge < -0.3 is 5.73 Å². The van der Waals surface area contributed by atoms with E-state index in [0.717, 1.165) is 13.0 Å². The Labute approximate surface area is 75.0 Å². The Balaban J connectivity index is 2.47. The molecular formula is C9H10N2S. The summed E-state index contributed by atoms with van der Waals surface area (Å²) in [6, 6.07) is 4.21. The molecule has 0 unspecified atom stereocenters. The number of hydrogen-bond acceptors (Lipinski definition) is 3. The van der Waals surface area contributed by atoms with Crippen LogP contribution in [0.25, 0.3) is 10.1 Å². The van der Waals surface area contributed by atoms with Crippen LogP contribution in [0.1, 0.15) is 4.88 Å². The Morgan fingerprint density at radius 2 is 2.42 bits per heavy atom. The highest BCUT2D eigenvalue weighted by Gasteiger charge is 1.99. The first-order chi connectivity index (χ1) is 5.90. The molecule has 0 saturated carbocycles. The lowest BCUT2D eigenvalue weighted by atomic mass is 10.3. The molecule has 0 spiro atoms. The van der Waals surface area contributed by atoms with E-state index in [1.54, 1.807) is 11.3 Å². The maximum atomic E-state index is 5.47.